The fraction of sp³-hybridized carbons (Fsp3) is 0.462. The van der Waals surface area contributed by atoms with Gasteiger partial charge >= 0.3 is 0 Å². The number of hydrogen-bond acceptors (Lipinski definition) is 1. The molecule has 1 unspecified atom stereocenters. The maximum absolute atomic E-state index is 4.53. The highest BCUT2D eigenvalue weighted by molar-refractivity contribution is 5.57. The molecule has 2 nitrogen and oxygen atoms in total. The topological polar surface area (TPSA) is 17.3 Å². The van der Waals surface area contributed by atoms with Crippen molar-refractivity contribution < 1.29 is 0 Å². The van der Waals surface area contributed by atoms with Crippen molar-refractivity contribution in [3.63, 3.8) is 0 Å². The summed E-state index contributed by atoms with van der Waals surface area (Å²) >= 11 is 0. The van der Waals surface area contributed by atoms with E-state index >= 15 is 0 Å². The summed E-state index contributed by atoms with van der Waals surface area (Å²) < 4.78 is 1.98. The van der Waals surface area contributed by atoms with Crippen molar-refractivity contribution in [3.05, 3.63) is 35.7 Å². The third-order valence-corrected chi connectivity index (χ3v) is 3.22. The van der Waals surface area contributed by atoms with E-state index < -0.39 is 0 Å². The van der Waals surface area contributed by atoms with Gasteiger partial charge in [-0.05, 0) is 30.9 Å². The second kappa shape index (κ2) is 3.69. The molecule has 0 saturated carbocycles. The highest BCUT2D eigenvalue weighted by atomic mass is 15.2. The average Bonchev–Trinajstić information content (AvgIpc) is 2.52. The van der Waals surface area contributed by atoms with Crippen molar-refractivity contribution in [2.24, 2.45) is 5.92 Å². The van der Waals surface area contributed by atoms with E-state index in [0.717, 1.165) is 5.69 Å². The molecule has 0 saturated heterocycles. The molecular formula is C13H18N2. The summed E-state index contributed by atoms with van der Waals surface area (Å²) in [6.07, 6.45) is 2.01. The van der Waals surface area contributed by atoms with E-state index in [1.165, 1.54) is 11.1 Å². The van der Waals surface area contributed by atoms with Gasteiger partial charge in [0.25, 0.3) is 0 Å². The second-order valence-electron chi connectivity index (χ2n) is 4.56. The van der Waals surface area contributed by atoms with E-state index in [4.69, 9.17) is 0 Å². The van der Waals surface area contributed by atoms with Gasteiger partial charge in [-0.3, -0.25) is 0 Å². The second-order valence-corrected chi connectivity index (χ2v) is 4.56. The molecule has 2 aromatic heterocycles. The molecule has 0 spiro atoms. The van der Waals surface area contributed by atoms with Crippen LogP contribution in [0.3, 0.4) is 0 Å². The summed E-state index contributed by atoms with van der Waals surface area (Å²) in [6.45, 7) is 8.90. The maximum atomic E-state index is 4.53. The molecule has 0 aliphatic rings. The standard InChI is InChI=1S/C13H18N2/c1-9(2)10(3)13-11(4)14-15-8-6-5-7-12(13)15/h5-10H,1-4H3. The van der Waals surface area contributed by atoms with E-state index in [2.05, 4.69) is 44.9 Å². The lowest BCUT2D eigenvalue weighted by atomic mass is 9.89. The molecule has 2 rings (SSSR count). The van der Waals surface area contributed by atoms with Gasteiger partial charge in [-0.1, -0.05) is 26.8 Å². The number of hydrogen-bond donors (Lipinski definition) is 0. The highest BCUT2D eigenvalue weighted by Crippen LogP contribution is 2.29. The first-order valence-electron chi connectivity index (χ1n) is 5.55. The molecule has 80 valence electrons. The van der Waals surface area contributed by atoms with Crippen molar-refractivity contribution in [2.75, 3.05) is 0 Å². The summed E-state index contributed by atoms with van der Waals surface area (Å²) in [5.41, 5.74) is 3.80. The lowest BCUT2D eigenvalue weighted by molar-refractivity contribution is 0.536. The summed E-state index contributed by atoms with van der Waals surface area (Å²) in [7, 11) is 0. The van der Waals surface area contributed by atoms with Crippen LogP contribution in [0.5, 0.6) is 0 Å². The highest BCUT2D eigenvalue weighted by Gasteiger charge is 2.17. The molecular weight excluding hydrogens is 184 g/mol. The molecule has 2 heterocycles. The van der Waals surface area contributed by atoms with Gasteiger partial charge in [-0.15, -0.1) is 0 Å². The zero-order valence-electron chi connectivity index (χ0n) is 9.86. The third kappa shape index (κ3) is 1.65. The van der Waals surface area contributed by atoms with Crippen LogP contribution >= 0.6 is 0 Å². The third-order valence-electron chi connectivity index (χ3n) is 3.22. The van der Waals surface area contributed by atoms with Crippen LogP contribution in [0.15, 0.2) is 24.4 Å². The van der Waals surface area contributed by atoms with Crippen LogP contribution in [-0.2, 0) is 0 Å². The van der Waals surface area contributed by atoms with E-state index in [1.54, 1.807) is 0 Å². The van der Waals surface area contributed by atoms with Crippen LogP contribution in [0.25, 0.3) is 5.52 Å². The Morgan fingerprint density at radius 2 is 1.93 bits per heavy atom. The molecule has 0 aromatic carbocycles. The lowest BCUT2D eigenvalue weighted by Gasteiger charge is -2.15. The van der Waals surface area contributed by atoms with Crippen LogP contribution in [0.4, 0.5) is 0 Å². The minimum atomic E-state index is 0.560. The fourth-order valence-electron chi connectivity index (χ4n) is 2.03. The Kier molecular flexibility index (Phi) is 2.51. The smallest absolute Gasteiger partial charge is 0.0699 e. The molecule has 0 amide bonds. The van der Waals surface area contributed by atoms with Crippen LogP contribution < -0.4 is 0 Å². The molecule has 2 heteroatoms. The van der Waals surface area contributed by atoms with Crippen LogP contribution in [-0.4, -0.2) is 9.61 Å². The predicted octanol–water partition coefficient (Wildman–Crippen LogP) is 3.40. The molecule has 0 N–H and O–H groups in total. The van der Waals surface area contributed by atoms with Crippen LogP contribution in [0.1, 0.15) is 37.9 Å². The zero-order chi connectivity index (χ0) is 11.0. The minimum absolute atomic E-state index is 0.560. The summed E-state index contributed by atoms with van der Waals surface area (Å²) in [5.74, 6) is 1.21. The van der Waals surface area contributed by atoms with Crippen LogP contribution in [0.2, 0.25) is 0 Å². The Morgan fingerprint density at radius 3 is 2.60 bits per heavy atom. The molecule has 0 radical (unpaired) electrons. The first kappa shape index (κ1) is 10.2. The van der Waals surface area contributed by atoms with E-state index in [9.17, 15) is 0 Å². The van der Waals surface area contributed by atoms with Crippen molar-refractivity contribution in [1.29, 1.82) is 0 Å². The van der Waals surface area contributed by atoms with E-state index in [0.29, 0.717) is 11.8 Å². The molecule has 0 bridgehead atoms. The maximum Gasteiger partial charge on any atom is 0.0699 e. The molecule has 15 heavy (non-hydrogen) atoms. The van der Waals surface area contributed by atoms with Crippen molar-refractivity contribution in [2.45, 2.75) is 33.6 Å². The molecule has 1 atom stereocenters. The Morgan fingerprint density at radius 1 is 1.20 bits per heavy atom. The van der Waals surface area contributed by atoms with Crippen molar-refractivity contribution in [3.8, 4) is 0 Å². The predicted molar refractivity (Wildman–Crippen MR) is 63.2 cm³/mol. The van der Waals surface area contributed by atoms with Crippen LogP contribution in [0, 0.1) is 12.8 Å². The number of fused-ring (bicyclic) bond motifs is 1. The van der Waals surface area contributed by atoms with Gasteiger partial charge in [-0.2, -0.15) is 5.10 Å². The van der Waals surface area contributed by atoms with Gasteiger partial charge in [0.05, 0.1) is 11.2 Å². The summed E-state index contributed by atoms with van der Waals surface area (Å²) in [4.78, 5) is 0. The van der Waals surface area contributed by atoms with Gasteiger partial charge in [0, 0.05) is 11.8 Å². The lowest BCUT2D eigenvalue weighted by Crippen LogP contribution is -2.02. The molecule has 0 fully saturated rings. The fourth-order valence-corrected chi connectivity index (χ4v) is 2.03. The quantitative estimate of drug-likeness (QED) is 0.729. The van der Waals surface area contributed by atoms with Gasteiger partial charge in [0.15, 0.2) is 0 Å². The zero-order valence-corrected chi connectivity index (χ0v) is 9.86. The summed E-state index contributed by atoms with van der Waals surface area (Å²) in [5, 5.41) is 4.53. The number of nitrogens with zero attached hydrogens (tertiary/aromatic N) is 2. The Hall–Kier alpha value is -1.31. The minimum Gasteiger partial charge on any atom is -0.240 e. The van der Waals surface area contributed by atoms with E-state index in [-0.39, 0.29) is 0 Å². The van der Waals surface area contributed by atoms with Gasteiger partial charge in [0.1, 0.15) is 0 Å². The van der Waals surface area contributed by atoms with E-state index in [1.807, 2.05) is 16.8 Å². The molecule has 0 aliphatic carbocycles. The molecule has 0 aliphatic heterocycles. The Bertz CT molecular complexity index is 468. The number of pyridine rings is 1. The van der Waals surface area contributed by atoms with Gasteiger partial charge in [-0.25, -0.2) is 4.52 Å². The monoisotopic (exact) mass is 202 g/mol. The summed E-state index contributed by atoms with van der Waals surface area (Å²) in [6, 6.07) is 6.24. The number of aromatic nitrogens is 2. The SMILES string of the molecule is Cc1nn2ccccc2c1C(C)C(C)C. The van der Waals surface area contributed by atoms with Crippen molar-refractivity contribution in [1.82, 2.24) is 9.61 Å². The Balaban J connectivity index is 2.63. The first-order chi connectivity index (χ1) is 7.11. The van der Waals surface area contributed by atoms with Crippen molar-refractivity contribution >= 4 is 5.52 Å². The van der Waals surface area contributed by atoms with Gasteiger partial charge in [0.2, 0.25) is 0 Å². The number of rotatable bonds is 2. The largest absolute Gasteiger partial charge is 0.240 e. The van der Waals surface area contributed by atoms with Gasteiger partial charge < -0.3 is 0 Å². The first-order valence-corrected chi connectivity index (χ1v) is 5.55. The molecule has 2 aromatic rings. The normalized spacial score (nSPS) is 13.7. The average molecular weight is 202 g/mol. The number of aryl methyl sites for hydroxylation is 1. The Labute approximate surface area is 90.9 Å².